The number of nitrogens with zero attached hydrogens (tertiary/aromatic N) is 2. The Hall–Kier alpha value is -1.59. The van der Waals surface area contributed by atoms with Crippen molar-refractivity contribution < 1.29 is 4.74 Å². The van der Waals surface area contributed by atoms with E-state index in [1.807, 2.05) is 0 Å². The summed E-state index contributed by atoms with van der Waals surface area (Å²) in [6, 6.07) is 8.73. The second-order valence-corrected chi connectivity index (χ2v) is 7.27. The number of ether oxygens (including phenoxy) is 1. The molecule has 1 aliphatic heterocycles. The summed E-state index contributed by atoms with van der Waals surface area (Å²) in [5.74, 6) is 0.899. The summed E-state index contributed by atoms with van der Waals surface area (Å²) in [5, 5.41) is 6.80. The van der Waals surface area contributed by atoms with Gasteiger partial charge in [0, 0.05) is 31.7 Å². The van der Waals surface area contributed by atoms with Crippen LogP contribution in [0.5, 0.6) is 0 Å². The molecular weight excluding hydrogens is 312 g/mol. The van der Waals surface area contributed by atoms with Gasteiger partial charge in [0.25, 0.3) is 0 Å². The van der Waals surface area contributed by atoms with Crippen LogP contribution in [-0.2, 0) is 11.2 Å². The number of morpholine rings is 1. The average Bonchev–Trinajstić information content (AvgIpc) is 2.62. The van der Waals surface area contributed by atoms with Crippen LogP contribution in [0.4, 0.5) is 0 Å². The minimum absolute atomic E-state index is 0.0447. The molecule has 1 heterocycles. The van der Waals surface area contributed by atoms with E-state index in [1.54, 1.807) is 0 Å². The molecule has 5 heteroatoms. The molecule has 5 nitrogen and oxygen atoms in total. The summed E-state index contributed by atoms with van der Waals surface area (Å²) in [6.07, 6.45) is 0.998. The van der Waals surface area contributed by atoms with Gasteiger partial charge in [-0.3, -0.25) is 9.89 Å². The summed E-state index contributed by atoms with van der Waals surface area (Å²) in [6.45, 7) is 14.9. The van der Waals surface area contributed by atoms with Crippen molar-refractivity contribution >= 4 is 5.96 Å². The third-order valence-electron chi connectivity index (χ3n) is 4.66. The number of benzene rings is 1. The first-order valence-electron chi connectivity index (χ1n) is 9.42. The van der Waals surface area contributed by atoms with Crippen LogP contribution in [0.1, 0.15) is 31.9 Å². The van der Waals surface area contributed by atoms with Crippen LogP contribution in [0.2, 0.25) is 0 Å². The Labute approximate surface area is 152 Å². The number of hydrogen-bond acceptors (Lipinski definition) is 3. The van der Waals surface area contributed by atoms with Gasteiger partial charge >= 0.3 is 0 Å². The molecular formula is C20H34N4O. The van der Waals surface area contributed by atoms with Gasteiger partial charge in [0.2, 0.25) is 0 Å². The molecule has 1 saturated heterocycles. The van der Waals surface area contributed by atoms with E-state index in [0.29, 0.717) is 0 Å². The molecule has 0 spiro atoms. The minimum atomic E-state index is 0.0447. The van der Waals surface area contributed by atoms with Crippen LogP contribution in [0.3, 0.4) is 0 Å². The van der Waals surface area contributed by atoms with Crippen molar-refractivity contribution in [2.75, 3.05) is 45.9 Å². The van der Waals surface area contributed by atoms with E-state index in [2.05, 4.69) is 67.5 Å². The summed E-state index contributed by atoms with van der Waals surface area (Å²) < 4.78 is 5.46. The highest BCUT2D eigenvalue weighted by molar-refractivity contribution is 5.79. The largest absolute Gasteiger partial charge is 0.379 e. The number of aryl methyl sites for hydroxylation is 1. The highest BCUT2D eigenvalue weighted by Crippen LogP contribution is 2.16. The average molecular weight is 347 g/mol. The Balaban J connectivity index is 1.85. The number of hydrogen-bond donors (Lipinski definition) is 2. The standard InChI is InChI=1S/C20H34N4O/c1-5-21-19(22-11-10-18-8-6-17(2)7-9-18)23-16-20(3,4)24-12-14-25-15-13-24/h6-9H,5,10-16H2,1-4H3,(H2,21,22,23). The summed E-state index contributed by atoms with van der Waals surface area (Å²) in [5.41, 5.74) is 2.70. The van der Waals surface area contributed by atoms with Crippen LogP contribution in [0.15, 0.2) is 29.3 Å². The maximum absolute atomic E-state index is 5.46. The van der Waals surface area contributed by atoms with Gasteiger partial charge in [-0.1, -0.05) is 29.8 Å². The quantitative estimate of drug-likeness (QED) is 0.587. The Bertz CT molecular complexity index is 533. The van der Waals surface area contributed by atoms with Crippen molar-refractivity contribution in [1.29, 1.82) is 0 Å². The molecule has 2 rings (SSSR count). The van der Waals surface area contributed by atoms with Crippen LogP contribution in [0.25, 0.3) is 0 Å². The minimum Gasteiger partial charge on any atom is -0.379 e. The Morgan fingerprint density at radius 2 is 1.84 bits per heavy atom. The van der Waals surface area contributed by atoms with Gasteiger partial charge in [0.15, 0.2) is 5.96 Å². The van der Waals surface area contributed by atoms with E-state index in [4.69, 9.17) is 9.73 Å². The van der Waals surface area contributed by atoms with Gasteiger partial charge in [-0.25, -0.2) is 0 Å². The molecule has 0 unspecified atom stereocenters. The molecule has 0 bridgehead atoms. The second kappa shape index (κ2) is 9.78. The van der Waals surface area contributed by atoms with Crippen molar-refractivity contribution in [2.45, 2.75) is 39.7 Å². The fourth-order valence-electron chi connectivity index (χ4n) is 2.96. The van der Waals surface area contributed by atoms with Crippen LogP contribution in [-0.4, -0.2) is 62.3 Å². The SMILES string of the molecule is CCNC(=NCC(C)(C)N1CCOCC1)NCCc1ccc(C)cc1. The maximum atomic E-state index is 5.46. The van der Waals surface area contributed by atoms with Crippen molar-refractivity contribution in [2.24, 2.45) is 4.99 Å². The predicted octanol–water partition coefficient (Wildman–Crippen LogP) is 2.20. The molecule has 0 aromatic heterocycles. The van der Waals surface area contributed by atoms with E-state index in [9.17, 15) is 0 Å². The van der Waals surface area contributed by atoms with Crippen LogP contribution in [0, 0.1) is 6.92 Å². The second-order valence-electron chi connectivity index (χ2n) is 7.27. The Kier molecular flexibility index (Phi) is 7.72. The maximum Gasteiger partial charge on any atom is 0.191 e. The van der Waals surface area contributed by atoms with Gasteiger partial charge < -0.3 is 15.4 Å². The lowest BCUT2D eigenvalue weighted by Gasteiger charge is -2.39. The zero-order chi connectivity index (χ0) is 18.1. The van der Waals surface area contributed by atoms with Gasteiger partial charge in [-0.2, -0.15) is 0 Å². The number of nitrogens with one attached hydrogen (secondary N) is 2. The monoisotopic (exact) mass is 346 g/mol. The molecule has 140 valence electrons. The van der Waals surface area contributed by atoms with Gasteiger partial charge in [0.1, 0.15) is 0 Å². The predicted molar refractivity (Wildman–Crippen MR) is 105 cm³/mol. The summed E-state index contributed by atoms with van der Waals surface area (Å²) in [4.78, 5) is 7.29. The third kappa shape index (κ3) is 6.67. The molecule has 0 radical (unpaired) electrons. The molecule has 0 saturated carbocycles. The number of rotatable bonds is 7. The lowest BCUT2D eigenvalue weighted by Crippen LogP contribution is -2.52. The molecule has 1 fully saturated rings. The first-order chi connectivity index (χ1) is 12.0. The fourth-order valence-corrected chi connectivity index (χ4v) is 2.96. The van der Waals surface area contributed by atoms with Gasteiger partial charge in [0.05, 0.1) is 19.8 Å². The van der Waals surface area contributed by atoms with Crippen LogP contribution < -0.4 is 10.6 Å². The molecule has 25 heavy (non-hydrogen) atoms. The molecule has 0 aliphatic carbocycles. The van der Waals surface area contributed by atoms with E-state index in [0.717, 1.165) is 58.3 Å². The first-order valence-corrected chi connectivity index (χ1v) is 9.42. The third-order valence-corrected chi connectivity index (χ3v) is 4.66. The molecule has 1 aliphatic rings. The van der Waals surface area contributed by atoms with E-state index < -0.39 is 0 Å². The smallest absolute Gasteiger partial charge is 0.191 e. The number of aliphatic imine (C=N–C) groups is 1. The van der Waals surface area contributed by atoms with E-state index in [-0.39, 0.29) is 5.54 Å². The van der Waals surface area contributed by atoms with Gasteiger partial charge in [-0.15, -0.1) is 0 Å². The van der Waals surface area contributed by atoms with Crippen molar-refractivity contribution in [3.05, 3.63) is 35.4 Å². The normalized spacial score (nSPS) is 16.7. The molecule has 0 atom stereocenters. The summed E-state index contributed by atoms with van der Waals surface area (Å²) in [7, 11) is 0. The molecule has 1 aromatic rings. The highest BCUT2D eigenvalue weighted by Gasteiger charge is 2.28. The molecule has 0 amide bonds. The van der Waals surface area contributed by atoms with Crippen molar-refractivity contribution in [3.63, 3.8) is 0 Å². The van der Waals surface area contributed by atoms with Gasteiger partial charge in [-0.05, 0) is 39.7 Å². The number of guanidine groups is 1. The van der Waals surface area contributed by atoms with E-state index >= 15 is 0 Å². The van der Waals surface area contributed by atoms with Crippen LogP contribution >= 0.6 is 0 Å². The molecule has 1 aromatic carbocycles. The van der Waals surface area contributed by atoms with Crippen molar-refractivity contribution in [1.82, 2.24) is 15.5 Å². The fraction of sp³-hybridized carbons (Fsp3) is 0.650. The lowest BCUT2D eigenvalue weighted by molar-refractivity contribution is -0.00683. The zero-order valence-corrected chi connectivity index (χ0v) is 16.3. The Morgan fingerprint density at radius 3 is 2.48 bits per heavy atom. The highest BCUT2D eigenvalue weighted by atomic mass is 16.5. The first kappa shape index (κ1) is 19.7. The lowest BCUT2D eigenvalue weighted by atomic mass is 10.0. The molecule has 2 N–H and O–H groups in total. The zero-order valence-electron chi connectivity index (χ0n) is 16.3. The topological polar surface area (TPSA) is 48.9 Å². The summed E-state index contributed by atoms with van der Waals surface area (Å²) >= 11 is 0. The van der Waals surface area contributed by atoms with E-state index in [1.165, 1.54) is 11.1 Å². The Morgan fingerprint density at radius 1 is 1.16 bits per heavy atom. The van der Waals surface area contributed by atoms with Crippen molar-refractivity contribution in [3.8, 4) is 0 Å².